The van der Waals surface area contributed by atoms with Gasteiger partial charge in [-0.05, 0) is 25.7 Å². The highest BCUT2D eigenvalue weighted by Crippen LogP contribution is 2.32. The van der Waals surface area contributed by atoms with Crippen molar-refractivity contribution < 1.29 is 9.15 Å². The molecule has 1 atom stereocenters. The Hall–Kier alpha value is -1.14. The quantitative estimate of drug-likeness (QED) is 0.817. The van der Waals surface area contributed by atoms with Gasteiger partial charge in [-0.25, -0.2) is 0 Å². The van der Waals surface area contributed by atoms with Crippen molar-refractivity contribution in [2.45, 2.75) is 57.6 Å². The zero-order chi connectivity index (χ0) is 13.7. The van der Waals surface area contributed by atoms with Crippen LogP contribution in [0.5, 0.6) is 0 Å². The SMILES string of the molecule is CCC1(CC)CC(Nc2nnc(CCN)o2)CCO1. The topological polar surface area (TPSA) is 86.2 Å². The zero-order valence-electron chi connectivity index (χ0n) is 11.8. The summed E-state index contributed by atoms with van der Waals surface area (Å²) in [5.41, 5.74) is 5.46. The molecule has 2 rings (SSSR count). The predicted octanol–water partition coefficient (Wildman–Crippen LogP) is 1.72. The number of rotatable bonds is 6. The Morgan fingerprint density at radius 2 is 2.16 bits per heavy atom. The van der Waals surface area contributed by atoms with E-state index in [2.05, 4.69) is 29.4 Å². The maximum absolute atomic E-state index is 5.95. The lowest BCUT2D eigenvalue weighted by Crippen LogP contribution is -2.43. The minimum Gasteiger partial charge on any atom is -0.408 e. The molecule has 1 unspecified atom stereocenters. The molecule has 0 saturated carbocycles. The molecule has 0 radical (unpaired) electrons. The molecule has 0 bridgehead atoms. The molecule has 1 aromatic rings. The molecule has 0 spiro atoms. The van der Waals surface area contributed by atoms with Crippen LogP contribution in [0.3, 0.4) is 0 Å². The monoisotopic (exact) mass is 268 g/mol. The normalized spacial score (nSPS) is 22.4. The first kappa shape index (κ1) is 14.3. The molecular formula is C13H24N4O2. The maximum Gasteiger partial charge on any atom is 0.315 e. The van der Waals surface area contributed by atoms with Gasteiger partial charge in [0.1, 0.15) is 0 Å². The van der Waals surface area contributed by atoms with Crippen LogP contribution in [-0.4, -0.2) is 35.0 Å². The average Bonchev–Trinajstić information content (AvgIpc) is 2.87. The molecule has 0 aliphatic carbocycles. The molecule has 6 nitrogen and oxygen atoms in total. The number of hydrogen-bond acceptors (Lipinski definition) is 6. The van der Waals surface area contributed by atoms with E-state index in [-0.39, 0.29) is 5.60 Å². The molecule has 1 fully saturated rings. The zero-order valence-corrected chi connectivity index (χ0v) is 11.8. The van der Waals surface area contributed by atoms with E-state index in [1.165, 1.54) is 0 Å². The first-order valence-electron chi connectivity index (χ1n) is 7.14. The van der Waals surface area contributed by atoms with Crippen molar-refractivity contribution in [3.8, 4) is 0 Å². The summed E-state index contributed by atoms with van der Waals surface area (Å²) in [4.78, 5) is 0. The van der Waals surface area contributed by atoms with Crippen LogP contribution in [-0.2, 0) is 11.2 Å². The second-order valence-corrected chi connectivity index (χ2v) is 5.11. The van der Waals surface area contributed by atoms with Gasteiger partial charge >= 0.3 is 6.01 Å². The van der Waals surface area contributed by atoms with Crippen molar-refractivity contribution in [2.75, 3.05) is 18.5 Å². The van der Waals surface area contributed by atoms with Crippen LogP contribution in [0.2, 0.25) is 0 Å². The molecule has 0 amide bonds. The van der Waals surface area contributed by atoms with Crippen molar-refractivity contribution in [1.29, 1.82) is 0 Å². The second-order valence-electron chi connectivity index (χ2n) is 5.11. The van der Waals surface area contributed by atoms with Crippen LogP contribution in [0.25, 0.3) is 0 Å². The molecule has 1 aromatic heterocycles. The molecule has 2 heterocycles. The lowest BCUT2D eigenvalue weighted by atomic mass is 9.86. The Balaban J connectivity index is 1.94. The van der Waals surface area contributed by atoms with Crippen molar-refractivity contribution in [1.82, 2.24) is 10.2 Å². The maximum atomic E-state index is 5.95. The summed E-state index contributed by atoms with van der Waals surface area (Å²) in [5.74, 6) is 0.592. The minimum atomic E-state index is -0.00394. The first-order chi connectivity index (χ1) is 9.21. The van der Waals surface area contributed by atoms with Gasteiger partial charge in [-0.15, -0.1) is 5.10 Å². The fourth-order valence-corrected chi connectivity index (χ4v) is 2.60. The van der Waals surface area contributed by atoms with Crippen LogP contribution in [0.4, 0.5) is 6.01 Å². The Kier molecular flexibility index (Phi) is 4.76. The van der Waals surface area contributed by atoms with E-state index in [1.807, 2.05) is 0 Å². The van der Waals surface area contributed by atoms with Gasteiger partial charge in [0.15, 0.2) is 0 Å². The second kappa shape index (κ2) is 6.34. The van der Waals surface area contributed by atoms with Gasteiger partial charge in [-0.3, -0.25) is 0 Å². The molecule has 19 heavy (non-hydrogen) atoms. The molecule has 3 N–H and O–H groups in total. The van der Waals surface area contributed by atoms with Crippen molar-refractivity contribution in [2.24, 2.45) is 5.73 Å². The number of nitrogens with zero attached hydrogens (tertiary/aromatic N) is 2. The largest absolute Gasteiger partial charge is 0.408 e. The fourth-order valence-electron chi connectivity index (χ4n) is 2.60. The Morgan fingerprint density at radius 1 is 1.37 bits per heavy atom. The van der Waals surface area contributed by atoms with Gasteiger partial charge in [-0.2, -0.15) is 0 Å². The van der Waals surface area contributed by atoms with E-state index in [9.17, 15) is 0 Å². The third-order valence-corrected chi connectivity index (χ3v) is 3.93. The van der Waals surface area contributed by atoms with Crippen LogP contribution in [0.15, 0.2) is 4.42 Å². The molecule has 1 saturated heterocycles. The number of nitrogens with two attached hydrogens (primary N) is 1. The minimum absolute atomic E-state index is 0.00394. The van der Waals surface area contributed by atoms with E-state index in [4.69, 9.17) is 14.9 Å². The van der Waals surface area contributed by atoms with Gasteiger partial charge in [0.25, 0.3) is 0 Å². The van der Waals surface area contributed by atoms with E-state index in [0.29, 0.717) is 30.9 Å². The summed E-state index contributed by atoms with van der Waals surface area (Å²) < 4.78 is 11.5. The van der Waals surface area contributed by atoms with Gasteiger partial charge in [0, 0.05) is 25.6 Å². The summed E-state index contributed by atoms with van der Waals surface area (Å²) in [6.45, 7) is 5.66. The van der Waals surface area contributed by atoms with Gasteiger partial charge in [-0.1, -0.05) is 18.9 Å². The number of aromatic nitrogens is 2. The summed E-state index contributed by atoms with van der Waals surface area (Å²) in [6, 6.07) is 0.830. The summed E-state index contributed by atoms with van der Waals surface area (Å²) in [7, 11) is 0. The number of nitrogens with one attached hydrogen (secondary N) is 1. The van der Waals surface area contributed by atoms with Crippen LogP contribution >= 0.6 is 0 Å². The van der Waals surface area contributed by atoms with Gasteiger partial charge in [0.2, 0.25) is 5.89 Å². The third-order valence-electron chi connectivity index (χ3n) is 3.93. The standard InChI is InChI=1S/C13H24N4O2/c1-3-13(4-2)9-10(6-8-18-13)15-12-17-16-11(19-12)5-7-14/h10H,3-9,14H2,1-2H3,(H,15,17). The third kappa shape index (κ3) is 3.45. The Bertz CT molecular complexity index is 390. The van der Waals surface area contributed by atoms with Crippen molar-refractivity contribution in [3.63, 3.8) is 0 Å². The Morgan fingerprint density at radius 3 is 2.84 bits per heavy atom. The Labute approximate surface area is 114 Å². The number of hydrogen-bond donors (Lipinski definition) is 2. The number of ether oxygens (including phenoxy) is 1. The van der Waals surface area contributed by atoms with Crippen molar-refractivity contribution >= 4 is 6.01 Å². The van der Waals surface area contributed by atoms with E-state index in [1.54, 1.807) is 0 Å². The summed E-state index contributed by atoms with van der Waals surface area (Å²) in [5, 5.41) is 11.3. The summed E-state index contributed by atoms with van der Waals surface area (Å²) in [6.07, 6.45) is 4.63. The molecule has 0 aromatic carbocycles. The van der Waals surface area contributed by atoms with Gasteiger partial charge in [0.05, 0.1) is 5.60 Å². The molecule has 1 aliphatic rings. The van der Waals surface area contributed by atoms with Crippen LogP contribution in [0, 0.1) is 0 Å². The van der Waals surface area contributed by atoms with Gasteiger partial charge < -0.3 is 20.2 Å². The molecule has 108 valence electrons. The molecular weight excluding hydrogens is 244 g/mol. The van der Waals surface area contributed by atoms with E-state index >= 15 is 0 Å². The predicted molar refractivity (Wildman–Crippen MR) is 73.0 cm³/mol. The highest BCUT2D eigenvalue weighted by atomic mass is 16.5. The smallest absolute Gasteiger partial charge is 0.315 e. The fraction of sp³-hybridized carbons (Fsp3) is 0.846. The molecule has 6 heteroatoms. The van der Waals surface area contributed by atoms with E-state index in [0.717, 1.165) is 32.3 Å². The molecule has 1 aliphatic heterocycles. The highest BCUT2D eigenvalue weighted by Gasteiger charge is 2.34. The first-order valence-corrected chi connectivity index (χ1v) is 7.14. The highest BCUT2D eigenvalue weighted by molar-refractivity contribution is 5.20. The number of anilines is 1. The average molecular weight is 268 g/mol. The lowest BCUT2D eigenvalue weighted by Gasteiger charge is -2.39. The van der Waals surface area contributed by atoms with E-state index < -0.39 is 0 Å². The van der Waals surface area contributed by atoms with Crippen molar-refractivity contribution in [3.05, 3.63) is 5.89 Å². The summed E-state index contributed by atoms with van der Waals surface area (Å²) >= 11 is 0. The van der Waals surface area contributed by atoms with Crippen LogP contribution < -0.4 is 11.1 Å². The van der Waals surface area contributed by atoms with Crippen LogP contribution in [0.1, 0.15) is 45.4 Å². The lowest BCUT2D eigenvalue weighted by molar-refractivity contribution is -0.0866.